The molecule has 4 rings (SSSR count). The Balaban J connectivity index is 1.45. The second-order valence-corrected chi connectivity index (χ2v) is 7.78. The number of ether oxygens (including phenoxy) is 1. The van der Waals surface area contributed by atoms with Gasteiger partial charge < -0.3 is 20.1 Å². The van der Waals surface area contributed by atoms with Crippen LogP contribution in [0.1, 0.15) is 23.2 Å². The Kier molecular flexibility index (Phi) is 5.16. The van der Waals surface area contributed by atoms with E-state index in [4.69, 9.17) is 4.74 Å². The number of carbonyl (C=O) groups is 1. The minimum atomic E-state index is -0.297. The van der Waals surface area contributed by atoms with Crippen molar-refractivity contribution < 1.29 is 14.6 Å². The molecule has 3 aliphatic rings. The Hall–Kier alpha value is -1.63. The molecule has 6 nitrogen and oxygen atoms in total. The van der Waals surface area contributed by atoms with Crippen molar-refractivity contribution in [3.8, 4) is 0 Å². The van der Waals surface area contributed by atoms with Crippen LogP contribution in [-0.2, 0) is 4.74 Å². The number of rotatable bonds is 3. The quantitative estimate of drug-likeness (QED) is 0.851. The van der Waals surface area contributed by atoms with Crippen molar-refractivity contribution in [3.05, 3.63) is 29.8 Å². The van der Waals surface area contributed by atoms with Crippen molar-refractivity contribution in [2.75, 3.05) is 51.8 Å². The van der Waals surface area contributed by atoms with Crippen LogP contribution in [0, 0.1) is 11.8 Å². The van der Waals surface area contributed by atoms with E-state index in [1.165, 1.54) is 0 Å². The van der Waals surface area contributed by atoms with Crippen LogP contribution >= 0.6 is 0 Å². The highest BCUT2D eigenvalue weighted by atomic mass is 16.5. The summed E-state index contributed by atoms with van der Waals surface area (Å²) in [6, 6.07) is 7.89. The maximum Gasteiger partial charge on any atom is 0.255 e. The highest BCUT2D eigenvalue weighted by Gasteiger charge is 2.45. The molecule has 0 bridgehead atoms. The van der Waals surface area contributed by atoms with Crippen molar-refractivity contribution >= 4 is 11.6 Å². The smallest absolute Gasteiger partial charge is 0.255 e. The van der Waals surface area contributed by atoms with E-state index in [1.54, 1.807) is 0 Å². The molecule has 1 aliphatic carbocycles. The zero-order valence-electron chi connectivity index (χ0n) is 15.4. The first kappa shape index (κ1) is 17.8. The fourth-order valence-electron chi connectivity index (χ4n) is 4.93. The largest absolute Gasteiger partial charge is 0.391 e. The number of aliphatic hydroxyl groups excluding tert-OH is 1. The molecule has 6 heteroatoms. The van der Waals surface area contributed by atoms with Gasteiger partial charge in [-0.3, -0.25) is 9.69 Å². The maximum atomic E-state index is 13.0. The summed E-state index contributed by atoms with van der Waals surface area (Å²) in [7, 11) is 1.85. The number of anilines is 1. The number of likely N-dealkylation sites (tertiary alicyclic amines) is 1. The molecule has 2 heterocycles. The van der Waals surface area contributed by atoms with Gasteiger partial charge in [-0.15, -0.1) is 0 Å². The van der Waals surface area contributed by atoms with Crippen LogP contribution in [0.2, 0.25) is 0 Å². The van der Waals surface area contributed by atoms with Crippen molar-refractivity contribution in [2.24, 2.45) is 11.8 Å². The van der Waals surface area contributed by atoms with Crippen LogP contribution in [0.4, 0.5) is 5.69 Å². The molecule has 2 N–H and O–H groups in total. The summed E-state index contributed by atoms with van der Waals surface area (Å²) in [5.74, 6) is 0.992. The minimum Gasteiger partial charge on any atom is -0.391 e. The Morgan fingerprint density at radius 2 is 1.85 bits per heavy atom. The summed E-state index contributed by atoms with van der Waals surface area (Å²) < 4.78 is 5.45. The monoisotopic (exact) mass is 359 g/mol. The molecular weight excluding hydrogens is 330 g/mol. The maximum absolute atomic E-state index is 13.0. The number of hydrogen-bond acceptors (Lipinski definition) is 5. The summed E-state index contributed by atoms with van der Waals surface area (Å²) in [5, 5.41) is 13.8. The standard InChI is InChI=1S/C20H29N3O3/c1-21-17-5-3-2-4-16(17)20(25)23-12-14-10-18(19(24)11-15(14)13-23)22-6-8-26-9-7-22/h2-5,14-15,18-19,21,24H,6-13H2,1H3/t14-,15+,18-,19-/m1/s1. The predicted octanol–water partition coefficient (Wildman–Crippen LogP) is 1.27. The first-order valence-corrected chi connectivity index (χ1v) is 9.73. The fraction of sp³-hybridized carbons (Fsp3) is 0.650. The van der Waals surface area contributed by atoms with E-state index in [0.29, 0.717) is 11.8 Å². The van der Waals surface area contributed by atoms with Gasteiger partial charge in [0.15, 0.2) is 0 Å². The van der Waals surface area contributed by atoms with Gasteiger partial charge in [-0.05, 0) is 36.8 Å². The van der Waals surface area contributed by atoms with Gasteiger partial charge in [-0.2, -0.15) is 0 Å². The normalized spacial score (nSPS) is 32.3. The molecule has 1 aromatic carbocycles. The second kappa shape index (κ2) is 7.55. The van der Waals surface area contributed by atoms with Crippen LogP contribution in [0.3, 0.4) is 0 Å². The first-order chi connectivity index (χ1) is 12.7. The molecule has 26 heavy (non-hydrogen) atoms. The lowest BCUT2D eigenvalue weighted by Gasteiger charge is -2.43. The molecule has 0 aromatic heterocycles. The van der Waals surface area contributed by atoms with Crippen LogP contribution in [0.5, 0.6) is 0 Å². The van der Waals surface area contributed by atoms with Crippen molar-refractivity contribution in [2.45, 2.75) is 25.0 Å². The highest BCUT2D eigenvalue weighted by molar-refractivity contribution is 5.99. The lowest BCUT2D eigenvalue weighted by Crippen LogP contribution is -2.53. The van der Waals surface area contributed by atoms with Gasteiger partial charge in [0.2, 0.25) is 0 Å². The molecule has 0 radical (unpaired) electrons. The second-order valence-electron chi connectivity index (χ2n) is 7.78. The number of nitrogens with one attached hydrogen (secondary N) is 1. The number of hydrogen-bond donors (Lipinski definition) is 2. The van der Waals surface area contributed by atoms with E-state index in [1.807, 2.05) is 36.2 Å². The van der Waals surface area contributed by atoms with Gasteiger partial charge in [0.05, 0.1) is 24.9 Å². The molecule has 1 amide bonds. The van der Waals surface area contributed by atoms with Gasteiger partial charge in [0, 0.05) is 45.0 Å². The summed E-state index contributed by atoms with van der Waals surface area (Å²) in [6.07, 6.45) is 1.47. The third-order valence-corrected chi connectivity index (χ3v) is 6.34. The number of nitrogens with zero attached hydrogens (tertiary/aromatic N) is 2. The van der Waals surface area contributed by atoms with Crippen molar-refractivity contribution in [1.29, 1.82) is 0 Å². The molecule has 1 saturated carbocycles. The summed E-state index contributed by atoms with van der Waals surface area (Å²) in [4.78, 5) is 17.4. The number of amides is 1. The topological polar surface area (TPSA) is 65.0 Å². The summed E-state index contributed by atoms with van der Waals surface area (Å²) in [6.45, 7) is 4.86. The van der Waals surface area contributed by atoms with Crippen LogP contribution < -0.4 is 5.32 Å². The molecule has 1 aromatic rings. The molecule has 4 atom stereocenters. The van der Waals surface area contributed by atoms with E-state index in [2.05, 4.69) is 10.2 Å². The summed E-state index contributed by atoms with van der Waals surface area (Å²) in [5.41, 5.74) is 1.61. The zero-order chi connectivity index (χ0) is 18.1. The van der Waals surface area contributed by atoms with Crippen LogP contribution in [0.15, 0.2) is 24.3 Å². The van der Waals surface area contributed by atoms with E-state index in [0.717, 1.165) is 63.5 Å². The van der Waals surface area contributed by atoms with Gasteiger partial charge in [0.25, 0.3) is 5.91 Å². The molecule has 142 valence electrons. The highest BCUT2D eigenvalue weighted by Crippen LogP contribution is 2.39. The van der Waals surface area contributed by atoms with Gasteiger partial charge >= 0.3 is 0 Å². The average Bonchev–Trinajstić information content (AvgIpc) is 3.10. The number of para-hydroxylation sites is 1. The third-order valence-electron chi connectivity index (χ3n) is 6.34. The predicted molar refractivity (Wildman–Crippen MR) is 100 cm³/mol. The van der Waals surface area contributed by atoms with Crippen LogP contribution in [-0.4, -0.2) is 79.4 Å². The summed E-state index contributed by atoms with van der Waals surface area (Å²) >= 11 is 0. The Morgan fingerprint density at radius 3 is 2.58 bits per heavy atom. The van der Waals surface area contributed by atoms with E-state index < -0.39 is 0 Å². The van der Waals surface area contributed by atoms with Gasteiger partial charge in [0.1, 0.15) is 0 Å². The average molecular weight is 359 g/mol. The molecule has 0 unspecified atom stereocenters. The van der Waals surface area contributed by atoms with Crippen LogP contribution in [0.25, 0.3) is 0 Å². The van der Waals surface area contributed by atoms with Crippen molar-refractivity contribution in [3.63, 3.8) is 0 Å². The minimum absolute atomic E-state index is 0.0989. The van der Waals surface area contributed by atoms with Crippen molar-refractivity contribution in [1.82, 2.24) is 9.80 Å². The molecule has 3 fully saturated rings. The molecule has 0 spiro atoms. The van der Waals surface area contributed by atoms with Gasteiger partial charge in [-0.1, -0.05) is 12.1 Å². The SMILES string of the molecule is CNc1ccccc1C(=O)N1C[C@H]2C[C@@H](N3CCOCC3)[C@H](O)C[C@H]2C1. The molecule has 2 aliphatic heterocycles. The lowest BCUT2D eigenvalue weighted by molar-refractivity contribution is -0.0520. The fourth-order valence-corrected chi connectivity index (χ4v) is 4.93. The number of fused-ring (bicyclic) bond motifs is 1. The molecular formula is C20H29N3O3. The van der Waals surface area contributed by atoms with E-state index >= 15 is 0 Å². The third kappa shape index (κ3) is 3.33. The molecule has 2 saturated heterocycles. The number of benzene rings is 1. The lowest BCUT2D eigenvalue weighted by atomic mass is 9.77. The zero-order valence-corrected chi connectivity index (χ0v) is 15.4. The number of morpholine rings is 1. The van der Waals surface area contributed by atoms with E-state index in [9.17, 15) is 9.90 Å². The first-order valence-electron chi connectivity index (χ1n) is 9.73. The Labute approximate surface area is 155 Å². The number of aliphatic hydroxyl groups is 1. The van der Waals surface area contributed by atoms with Gasteiger partial charge in [-0.25, -0.2) is 0 Å². The van der Waals surface area contributed by atoms with E-state index in [-0.39, 0.29) is 18.1 Å². The number of carbonyl (C=O) groups excluding carboxylic acids is 1. The Bertz CT molecular complexity index is 647. The Morgan fingerprint density at radius 1 is 1.15 bits per heavy atom.